The predicted octanol–water partition coefficient (Wildman–Crippen LogP) is 2.52. The van der Waals surface area contributed by atoms with Crippen molar-refractivity contribution in [2.45, 2.75) is 59.7 Å². The number of aliphatic carboxylic acids is 1. The summed E-state index contributed by atoms with van der Waals surface area (Å²) in [6.45, 7) is 10.1. The first-order chi connectivity index (χ1) is 9.87. The van der Waals surface area contributed by atoms with Crippen molar-refractivity contribution in [3.8, 4) is 0 Å². The smallest absolute Gasteiger partial charge is 0.307 e. The van der Waals surface area contributed by atoms with Gasteiger partial charge in [-0.15, -0.1) is 0 Å². The van der Waals surface area contributed by atoms with Gasteiger partial charge in [0.05, 0.1) is 11.6 Å². The maximum atomic E-state index is 11.4. The Bertz CT molecular complexity index is 495. The first-order valence-corrected chi connectivity index (χ1v) is 7.84. The van der Waals surface area contributed by atoms with E-state index < -0.39 is 5.97 Å². The minimum absolute atomic E-state index is 0.188. The molecular weight excluding hydrogens is 266 g/mol. The van der Waals surface area contributed by atoms with Crippen LogP contribution in [-0.4, -0.2) is 26.9 Å². The summed E-state index contributed by atoms with van der Waals surface area (Å²) in [4.78, 5) is 11.4. The standard InChI is InChI=1S/C16H27N3O2/c1-5-19-12(8-9-18-19)10-17-14-7-6-13(15(20)21)16(3,4)11(14)2/h8-9,11,13-14,17H,5-7,10H2,1-4H3,(H,20,21). The van der Waals surface area contributed by atoms with E-state index in [0.717, 1.165) is 25.9 Å². The van der Waals surface area contributed by atoms with Crippen LogP contribution in [0.2, 0.25) is 0 Å². The molecule has 0 spiro atoms. The van der Waals surface area contributed by atoms with Gasteiger partial charge in [0.2, 0.25) is 0 Å². The van der Waals surface area contributed by atoms with E-state index in [4.69, 9.17) is 0 Å². The summed E-state index contributed by atoms with van der Waals surface area (Å²) in [6, 6.07) is 2.39. The summed E-state index contributed by atoms with van der Waals surface area (Å²) in [6.07, 6.45) is 3.49. The van der Waals surface area contributed by atoms with Crippen molar-refractivity contribution in [1.82, 2.24) is 15.1 Å². The highest BCUT2D eigenvalue weighted by Crippen LogP contribution is 2.45. The van der Waals surface area contributed by atoms with E-state index in [1.54, 1.807) is 0 Å². The Labute approximate surface area is 126 Å². The molecule has 0 bridgehead atoms. The molecule has 1 aromatic rings. The predicted molar refractivity (Wildman–Crippen MR) is 81.8 cm³/mol. The lowest BCUT2D eigenvalue weighted by Crippen LogP contribution is -2.50. The van der Waals surface area contributed by atoms with Crippen LogP contribution in [0, 0.1) is 17.3 Å². The van der Waals surface area contributed by atoms with E-state index in [9.17, 15) is 9.90 Å². The number of hydrogen-bond acceptors (Lipinski definition) is 3. The zero-order valence-corrected chi connectivity index (χ0v) is 13.5. The normalized spacial score (nSPS) is 28.5. The SMILES string of the molecule is CCn1nccc1CNC1CCC(C(=O)O)C(C)(C)C1C. The van der Waals surface area contributed by atoms with Gasteiger partial charge in [0, 0.05) is 25.3 Å². The number of carboxylic acid groups (broad SMARTS) is 1. The lowest BCUT2D eigenvalue weighted by molar-refractivity contribution is -0.150. The molecule has 118 valence electrons. The first kappa shape index (κ1) is 16.0. The van der Waals surface area contributed by atoms with Gasteiger partial charge in [0.1, 0.15) is 0 Å². The zero-order chi connectivity index (χ0) is 15.6. The van der Waals surface area contributed by atoms with Crippen LogP contribution < -0.4 is 5.32 Å². The highest BCUT2D eigenvalue weighted by molar-refractivity contribution is 5.71. The summed E-state index contributed by atoms with van der Waals surface area (Å²) in [5.74, 6) is -0.577. The number of aryl methyl sites for hydroxylation is 1. The Hall–Kier alpha value is -1.36. The quantitative estimate of drug-likeness (QED) is 0.875. The topological polar surface area (TPSA) is 67.2 Å². The van der Waals surface area contributed by atoms with Crippen LogP contribution in [0.1, 0.15) is 46.2 Å². The fraction of sp³-hybridized carbons (Fsp3) is 0.750. The van der Waals surface area contributed by atoms with Gasteiger partial charge in [0.25, 0.3) is 0 Å². The molecule has 1 heterocycles. The molecule has 3 unspecified atom stereocenters. The van der Waals surface area contributed by atoms with E-state index in [1.165, 1.54) is 5.69 Å². The Morgan fingerprint density at radius 1 is 1.52 bits per heavy atom. The Kier molecular flexibility index (Phi) is 4.71. The third kappa shape index (κ3) is 3.12. The molecule has 2 N–H and O–H groups in total. The van der Waals surface area contributed by atoms with Crippen molar-refractivity contribution in [3.63, 3.8) is 0 Å². The molecule has 1 saturated carbocycles. The van der Waals surface area contributed by atoms with E-state index in [-0.39, 0.29) is 11.3 Å². The van der Waals surface area contributed by atoms with Gasteiger partial charge in [-0.25, -0.2) is 0 Å². The van der Waals surface area contributed by atoms with Crippen molar-refractivity contribution in [1.29, 1.82) is 0 Å². The number of carbonyl (C=O) groups is 1. The maximum Gasteiger partial charge on any atom is 0.307 e. The van der Waals surface area contributed by atoms with Gasteiger partial charge in [-0.2, -0.15) is 5.10 Å². The maximum absolute atomic E-state index is 11.4. The van der Waals surface area contributed by atoms with Crippen LogP contribution in [0.3, 0.4) is 0 Å². The fourth-order valence-electron chi connectivity index (χ4n) is 3.56. The molecular formula is C16H27N3O2. The number of aromatic nitrogens is 2. The average Bonchev–Trinajstić information content (AvgIpc) is 2.87. The van der Waals surface area contributed by atoms with Crippen LogP contribution in [-0.2, 0) is 17.9 Å². The Balaban J connectivity index is 2.01. The summed E-state index contributed by atoms with van der Waals surface area (Å²) in [5, 5.41) is 17.3. The number of nitrogens with one attached hydrogen (secondary N) is 1. The van der Waals surface area contributed by atoms with Crippen LogP contribution in [0.4, 0.5) is 0 Å². The third-order valence-electron chi connectivity index (χ3n) is 5.39. The van der Waals surface area contributed by atoms with Crippen LogP contribution >= 0.6 is 0 Å². The van der Waals surface area contributed by atoms with Gasteiger partial charge in [-0.1, -0.05) is 20.8 Å². The monoisotopic (exact) mass is 293 g/mol. The van der Waals surface area contributed by atoms with E-state index >= 15 is 0 Å². The average molecular weight is 293 g/mol. The van der Waals surface area contributed by atoms with Crippen molar-refractivity contribution in [2.24, 2.45) is 17.3 Å². The molecule has 1 aliphatic rings. The molecule has 0 saturated heterocycles. The highest BCUT2D eigenvalue weighted by atomic mass is 16.4. The summed E-state index contributed by atoms with van der Waals surface area (Å²) >= 11 is 0. The van der Waals surface area contributed by atoms with Crippen molar-refractivity contribution in [3.05, 3.63) is 18.0 Å². The van der Waals surface area contributed by atoms with Crippen molar-refractivity contribution < 1.29 is 9.90 Å². The second kappa shape index (κ2) is 6.18. The van der Waals surface area contributed by atoms with Gasteiger partial charge < -0.3 is 10.4 Å². The van der Waals surface area contributed by atoms with E-state index in [1.807, 2.05) is 16.9 Å². The zero-order valence-electron chi connectivity index (χ0n) is 13.5. The third-order valence-corrected chi connectivity index (χ3v) is 5.39. The first-order valence-electron chi connectivity index (χ1n) is 7.84. The second-order valence-corrected chi connectivity index (χ2v) is 6.70. The molecule has 2 rings (SSSR count). The molecule has 0 radical (unpaired) electrons. The van der Waals surface area contributed by atoms with Crippen LogP contribution in [0.15, 0.2) is 12.3 Å². The van der Waals surface area contributed by atoms with Crippen LogP contribution in [0.25, 0.3) is 0 Å². The summed E-state index contributed by atoms with van der Waals surface area (Å²) in [7, 11) is 0. The minimum atomic E-state index is -0.658. The lowest BCUT2D eigenvalue weighted by atomic mass is 9.61. The largest absolute Gasteiger partial charge is 0.481 e. The molecule has 1 fully saturated rings. The number of rotatable bonds is 5. The van der Waals surface area contributed by atoms with Crippen LogP contribution in [0.5, 0.6) is 0 Å². The summed E-state index contributed by atoms with van der Waals surface area (Å²) in [5.41, 5.74) is 0.995. The molecule has 5 nitrogen and oxygen atoms in total. The lowest BCUT2D eigenvalue weighted by Gasteiger charge is -2.46. The Morgan fingerprint density at radius 3 is 2.86 bits per heavy atom. The number of nitrogens with zero attached hydrogens (tertiary/aromatic N) is 2. The molecule has 0 aliphatic heterocycles. The highest BCUT2D eigenvalue weighted by Gasteiger charge is 2.46. The Morgan fingerprint density at radius 2 is 2.24 bits per heavy atom. The van der Waals surface area contributed by atoms with Crippen molar-refractivity contribution in [2.75, 3.05) is 0 Å². The molecule has 0 aromatic carbocycles. The molecule has 5 heteroatoms. The minimum Gasteiger partial charge on any atom is -0.481 e. The van der Waals surface area contributed by atoms with Gasteiger partial charge in [-0.3, -0.25) is 9.48 Å². The molecule has 1 aliphatic carbocycles. The van der Waals surface area contributed by atoms with E-state index in [0.29, 0.717) is 12.0 Å². The number of hydrogen-bond donors (Lipinski definition) is 2. The molecule has 0 amide bonds. The molecule has 21 heavy (non-hydrogen) atoms. The second-order valence-electron chi connectivity index (χ2n) is 6.70. The van der Waals surface area contributed by atoms with Gasteiger partial charge >= 0.3 is 5.97 Å². The van der Waals surface area contributed by atoms with Gasteiger partial charge in [0.15, 0.2) is 0 Å². The fourth-order valence-corrected chi connectivity index (χ4v) is 3.56. The number of carboxylic acids is 1. The molecule has 3 atom stereocenters. The van der Waals surface area contributed by atoms with Gasteiger partial charge in [-0.05, 0) is 37.2 Å². The molecule has 1 aromatic heterocycles. The van der Waals surface area contributed by atoms with E-state index in [2.05, 4.69) is 38.1 Å². The van der Waals surface area contributed by atoms with Crippen molar-refractivity contribution >= 4 is 5.97 Å². The summed E-state index contributed by atoms with van der Waals surface area (Å²) < 4.78 is 1.99.